The van der Waals surface area contributed by atoms with Crippen LogP contribution in [-0.4, -0.2) is 108 Å². The highest BCUT2D eigenvalue weighted by atomic mass is 35.5. The number of hydrogen-bond donors (Lipinski definition) is 4. The number of aliphatic hydroxyl groups excluding tert-OH is 1. The van der Waals surface area contributed by atoms with Gasteiger partial charge in [0.2, 0.25) is 17.7 Å². The van der Waals surface area contributed by atoms with Crippen molar-refractivity contribution in [1.29, 1.82) is 0 Å². The Morgan fingerprint density at radius 1 is 1.13 bits per heavy atom. The van der Waals surface area contributed by atoms with Gasteiger partial charge in [0.1, 0.15) is 12.1 Å². The van der Waals surface area contributed by atoms with Crippen LogP contribution in [0.2, 0.25) is 0 Å². The first-order valence-corrected chi connectivity index (χ1v) is 16.0. The number of likely N-dealkylation sites (tertiary alicyclic amines) is 1. The van der Waals surface area contributed by atoms with E-state index < -0.39 is 23.6 Å². The number of aliphatic hydroxyl groups is 1. The second-order valence-electron chi connectivity index (χ2n) is 12.4. The molecule has 1 aromatic heterocycles. The monoisotopic (exact) mass is 686 g/mol. The summed E-state index contributed by atoms with van der Waals surface area (Å²) in [7, 11) is 0. The lowest BCUT2D eigenvalue weighted by Crippen LogP contribution is -2.57. The molecule has 3 amide bonds. The minimum atomic E-state index is -0.857. The smallest absolute Gasteiger partial charge is 0.246 e. The maximum Gasteiger partial charge on any atom is 0.246 e. The normalized spacial score (nSPS) is 19.3. The summed E-state index contributed by atoms with van der Waals surface area (Å²) in [5, 5.41) is 19.6. The third kappa shape index (κ3) is 11.2. The maximum atomic E-state index is 13.8. The van der Waals surface area contributed by atoms with Crippen molar-refractivity contribution in [3.05, 3.63) is 41.0 Å². The van der Waals surface area contributed by atoms with Gasteiger partial charge in [0.25, 0.3) is 0 Å². The molecule has 0 spiro atoms. The van der Waals surface area contributed by atoms with E-state index in [9.17, 15) is 19.5 Å². The molecule has 11 nitrogen and oxygen atoms in total. The van der Waals surface area contributed by atoms with Gasteiger partial charge < -0.3 is 30.7 Å². The molecule has 252 valence electrons. The Morgan fingerprint density at radius 2 is 1.82 bits per heavy atom. The van der Waals surface area contributed by atoms with E-state index in [2.05, 4.69) is 25.8 Å². The number of hydrogen-bond acceptors (Lipinski definition) is 9. The average Bonchev–Trinajstić information content (AvgIpc) is 3.59. The minimum absolute atomic E-state index is 0. The summed E-state index contributed by atoms with van der Waals surface area (Å²) in [5.41, 5.74) is 4.19. The number of aryl methyl sites for hydroxylation is 1. The second-order valence-corrected chi connectivity index (χ2v) is 13.3. The minimum Gasteiger partial charge on any atom is -0.391 e. The first kappa shape index (κ1) is 38.9. The van der Waals surface area contributed by atoms with Gasteiger partial charge in [-0.2, -0.15) is 0 Å². The Kier molecular flexibility index (Phi) is 15.7. The van der Waals surface area contributed by atoms with Crippen LogP contribution in [-0.2, 0) is 25.7 Å². The highest BCUT2D eigenvalue weighted by Crippen LogP contribution is 2.28. The van der Waals surface area contributed by atoms with Crippen molar-refractivity contribution in [1.82, 2.24) is 30.7 Å². The van der Waals surface area contributed by atoms with Crippen LogP contribution in [0.1, 0.15) is 44.9 Å². The molecule has 0 aliphatic carbocycles. The molecule has 2 aliphatic rings. The number of β-amino-alcohol motifs (C(OH)–C–C–N with tert-alkyl or cyclic N) is 1. The molecule has 4 N–H and O–H groups in total. The molecule has 0 saturated carbocycles. The summed E-state index contributed by atoms with van der Waals surface area (Å²) >= 11 is 1.59. The molecule has 2 aromatic rings. The molecule has 0 bridgehead atoms. The molecular formula is C31H48Cl2N6O5S. The van der Waals surface area contributed by atoms with Crippen LogP contribution in [0.5, 0.6) is 0 Å². The summed E-state index contributed by atoms with van der Waals surface area (Å²) in [6.45, 7) is 13.5. The van der Waals surface area contributed by atoms with Crippen LogP contribution in [0.25, 0.3) is 10.4 Å². The number of aromatic nitrogens is 1. The van der Waals surface area contributed by atoms with Gasteiger partial charge in [0.15, 0.2) is 0 Å². The van der Waals surface area contributed by atoms with E-state index in [1.165, 1.54) is 4.90 Å². The second kappa shape index (κ2) is 18.1. The first-order chi connectivity index (χ1) is 20.5. The number of piperazine rings is 1. The highest BCUT2D eigenvalue weighted by Gasteiger charge is 2.44. The van der Waals surface area contributed by atoms with E-state index in [1.807, 2.05) is 57.5 Å². The predicted octanol–water partition coefficient (Wildman–Crippen LogP) is 2.38. The highest BCUT2D eigenvalue weighted by molar-refractivity contribution is 7.13. The van der Waals surface area contributed by atoms with E-state index in [0.717, 1.165) is 54.4 Å². The lowest BCUT2D eigenvalue weighted by molar-refractivity contribution is -0.144. The number of benzene rings is 1. The number of rotatable bonds is 12. The number of ether oxygens (including phenoxy) is 1. The van der Waals surface area contributed by atoms with E-state index in [0.29, 0.717) is 13.2 Å². The van der Waals surface area contributed by atoms with E-state index in [-0.39, 0.29) is 68.5 Å². The summed E-state index contributed by atoms with van der Waals surface area (Å²) in [6.07, 6.45) is -0.538. The third-order valence-corrected chi connectivity index (χ3v) is 8.92. The zero-order valence-corrected chi connectivity index (χ0v) is 29.0. The SMILES string of the molecule is Cc1ncsc1-c1ccc(CNC(=O)[C@@H]2C[C@@H](O)CN2C(=O)[C@@H](NC(=O)CCOCCN2CCNCC2)C(C)(C)C)cc1.Cl.Cl. The molecule has 4 rings (SSSR count). The summed E-state index contributed by atoms with van der Waals surface area (Å²) in [5.74, 6) is -0.987. The number of thiazole rings is 1. The van der Waals surface area contributed by atoms with Crippen molar-refractivity contribution in [3.63, 3.8) is 0 Å². The van der Waals surface area contributed by atoms with Gasteiger partial charge >= 0.3 is 0 Å². The largest absolute Gasteiger partial charge is 0.391 e. The zero-order chi connectivity index (χ0) is 31.0. The van der Waals surface area contributed by atoms with Gasteiger partial charge in [-0.05, 0) is 23.5 Å². The molecule has 3 heterocycles. The van der Waals surface area contributed by atoms with Gasteiger partial charge in [-0.25, -0.2) is 4.98 Å². The van der Waals surface area contributed by atoms with Crippen LogP contribution >= 0.6 is 36.2 Å². The third-order valence-electron chi connectivity index (χ3n) is 7.95. The van der Waals surface area contributed by atoms with E-state index in [4.69, 9.17) is 4.74 Å². The quantitative estimate of drug-likeness (QED) is 0.250. The van der Waals surface area contributed by atoms with Crippen LogP contribution in [0.3, 0.4) is 0 Å². The van der Waals surface area contributed by atoms with Gasteiger partial charge in [-0.3, -0.25) is 19.3 Å². The summed E-state index contributed by atoms with van der Waals surface area (Å²) < 4.78 is 5.68. The molecule has 45 heavy (non-hydrogen) atoms. The maximum absolute atomic E-state index is 13.8. The molecule has 1 aromatic carbocycles. The van der Waals surface area contributed by atoms with Crippen molar-refractivity contribution in [2.45, 2.75) is 65.3 Å². The molecule has 2 aliphatic heterocycles. The molecular weight excluding hydrogens is 639 g/mol. The van der Waals surface area contributed by atoms with Gasteiger partial charge in [-0.15, -0.1) is 36.2 Å². The van der Waals surface area contributed by atoms with Crippen molar-refractivity contribution < 1.29 is 24.2 Å². The standard InChI is InChI=1S/C31H46N6O5S.2ClH/c1-21-27(43-20-34-21)23-7-5-22(6-8-23)18-33-29(40)25-17-24(38)19-37(25)30(41)28(31(2,3)4)35-26(39)9-15-42-16-14-36-12-10-32-11-13-36;;/h5-8,20,24-25,28,32,38H,9-19H2,1-4H3,(H,33,40)(H,35,39);2*1H/t24-,25+,28-;;/m1../s1. The predicted molar refractivity (Wildman–Crippen MR) is 181 cm³/mol. The Hall–Kier alpha value is -2.32. The fourth-order valence-electron chi connectivity index (χ4n) is 5.41. The van der Waals surface area contributed by atoms with Gasteiger partial charge in [0.05, 0.1) is 35.4 Å². The van der Waals surface area contributed by atoms with Crippen LogP contribution in [0, 0.1) is 12.3 Å². The summed E-state index contributed by atoms with van der Waals surface area (Å²) in [6, 6.07) is 6.25. The van der Waals surface area contributed by atoms with Crippen molar-refractivity contribution in [2.24, 2.45) is 5.41 Å². The fourth-order valence-corrected chi connectivity index (χ4v) is 6.22. The van der Waals surface area contributed by atoms with Crippen molar-refractivity contribution >= 4 is 53.9 Å². The molecule has 2 saturated heterocycles. The van der Waals surface area contributed by atoms with Crippen molar-refractivity contribution in [2.75, 3.05) is 52.5 Å². The van der Waals surface area contributed by atoms with Crippen LogP contribution in [0.4, 0.5) is 0 Å². The molecule has 0 radical (unpaired) electrons. The number of amides is 3. The lowest BCUT2D eigenvalue weighted by atomic mass is 9.85. The fraction of sp³-hybridized carbons (Fsp3) is 0.613. The summed E-state index contributed by atoms with van der Waals surface area (Å²) in [4.78, 5) is 49.0. The number of carbonyl (C=O) groups is 3. The molecule has 3 atom stereocenters. The van der Waals surface area contributed by atoms with Crippen LogP contribution in [0.15, 0.2) is 29.8 Å². The molecule has 2 fully saturated rings. The average molecular weight is 688 g/mol. The van der Waals surface area contributed by atoms with Crippen LogP contribution < -0.4 is 16.0 Å². The Labute approximate surface area is 282 Å². The number of nitrogens with one attached hydrogen (secondary N) is 3. The number of nitrogens with zero attached hydrogens (tertiary/aromatic N) is 3. The topological polar surface area (TPSA) is 136 Å². The van der Waals surface area contributed by atoms with Gasteiger partial charge in [0, 0.05) is 58.7 Å². The lowest BCUT2D eigenvalue weighted by Gasteiger charge is -2.35. The van der Waals surface area contributed by atoms with E-state index >= 15 is 0 Å². The zero-order valence-electron chi connectivity index (χ0n) is 26.5. The Morgan fingerprint density at radius 3 is 2.44 bits per heavy atom. The molecule has 14 heteroatoms. The number of halogens is 2. The molecule has 0 unspecified atom stereocenters. The van der Waals surface area contributed by atoms with Gasteiger partial charge in [-0.1, -0.05) is 45.0 Å². The first-order valence-electron chi connectivity index (χ1n) is 15.1. The number of carbonyl (C=O) groups excluding carboxylic acids is 3. The van der Waals surface area contributed by atoms with Crippen molar-refractivity contribution in [3.8, 4) is 10.4 Å². The Balaban J connectivity index is 0.00000353. The van der Waals surface area contributed by atoms with E-state index in [1.54, 1.807) is 11.3 Å². The Bertz CT molecular complexity index is 1240.